The second-order valence-corrected chi connectivity index (χ2v) is 13.6. The molecule has 0 radical (unpaired) electrons. The van der Waals surface area contributed by atoms with Crippen LogP contribution in [0.1, 0.15) is 56.6 Å². The average Bonchev–Trinajstić information content (AvgIpc) is 3.64. The highest BCUT2D eigenvalue weighted by Gasteiger charge is 2.73. The van der Waals surface area contributed by atoms with E-state index >= 15 is 0 Å². The molecule has 10 nitrogen and oxygen atoms in total. The van der Waals surface area contributed by atoms with Crippen molar-refractivity contribution in [2.45, 2.75) is 75.5 Å². The Balaban J connectivity index is 1.22. The van der Waals surface area contributed by atoms with Crippen molar-refractivity contribution < 1.29 is 28.3 Å². The van der Waals surface area contributed by atoms with Gasteiger partial charge < -0.3 is 35.6 Å². The number of likely N-dealkylation sites (tertiary alicyclic amines) is 1. The van der Waals surface area contributed by atoms with Crippen LogP contribution in [0.25, 0.3) is 0 Å². The van der Waals surface area contributed by atoms with Crippen LogP contribution in [0.2, 0.25) is 0 Å². The molecule has 3 amide bonds. The summed E-state index contributed by atoms with van der Waals surface area (Å²) in [6.07, 6.45) is 5.96. The molecular weight excluding hydrogens is 522 g/mol. The van der Waals surface area contributed by atoms with Crippen LogP contribution < -0.4 is 26.3 Å². The Morgan fingerprint density at radius 2 is 2.05 bits per heavy atom. The van der Waals surface area contributed by atoms with Crippen LogP contribution in [0.3, 0.4) is 0 Å². The Labute approximate surface area is 242 Å². The Bertz CT molecular complexity index is 1310. The minimum atomic E-state index is -1.02. The number of likely N-dealkylation sites (N-methyl/N-ethyl adjacent to an activating group) is 2. The van der Waals surface area contributed by atoms with Gasteiger partial charge in [-0.15, -0.1) is 0 Å². The fourth-order valence-electron chi connectivity index (χ4n) is 8.70. The minimum Gasteiger partial charge on any atom is -0.481 e. The van der Waals surface area contributed by atoms with Crippen LogP contribution in [0.4, 0.5) is 4.79 Å². The monoisotopic (exact) mass is 566 g/mol. The lowest BCUT2D eigenvalue weighted by molar-refractivity contribution is -0.951. The van der Waals surface area contributed by atoms with Crippen LogP contribution in [0.5, 0.6) is 11.5 Å². The number of hydrogen-bond acceptors (Lipinski definition) is 6. The number of nitrogens with zero attached hydrogens (tertiary/aromatic N) is 2. The van der Waals surface area contributed by atoms with Crippen LogP contribution in [0.15, 0.2) is 24.3 Å². The summed E-state index contributed by atoms with van der Waals surface area (Å²) < 4.78 is 13.9. The molecule has 10 heteroatoms. The van der Waals surface area contributed by atoms with Crippen LogP contribution >= 0.6 is 0 Å². The number of primary amides is 1. The second kappa shape index (κ2) is 9.73. The van der Waals surface area contributed by atoms with Gasteiger partial charge in [0.25, 0.3) is 0 Å². The second-order valence-electron chi connectivity index (χ2n) is 13.6. The topological polar surface area (TPSA) is 137 Å². The van der Waals surface area contributed by atoms with Crippen molar-refractivity contribution in [3.05, 3.63) is 35.4 Å². The van der Waals surface area contributed by atoms with Crippen molar-refractivity contribution in [1.29, 1.82) is 0 Å². The number of carbonyl (C=O) groups excluding carboxylic acids is 3. The summed E-state index contributed by atoms with van der Waals surface area (Å²) in [6.45, 7) is 9.73. The van der Waals surface area contributed by atoms with Gasteiger partial charge in [0.1, 0.15) is 6.10 Å². The molecule has 6 rings (SSSR count). The number of nitrogens with two attached hydrogens (primary N) is 2. The van der Waals surface area contributed by atoms with Crippen LogP contribution in [-0.2, 0) is 21.4 Å². The maximum absolute atomic E-state index is 13.1. The Morgan fingerprint density at radius 3 is 2.76 bits per heavy atom. The highest BCUT2D eigenvalue weighted by Crippen LogP contribution is 2.70. The quantitative estimate of drug-likeness (QED) is 0.309. The number of piperidine rings is 1. The average molecular weight is 567 g/mol. The maximum Gasteiger partial charge on any atom is 0.415 e. The van der Waals surface area contributed by atoms with Crippen molar-refractivity contribution in [1.82, 2.24) is 10.2 Å². The molecule has 1 unspecified atom stereocenters. The molecule has 6 atom stereocenters. The lowest BCUT2D eigenvalue weighted by Gasteiger charge is -2.66. The SMILES string of the molecule is C=C1CC[C@@]2(C)[C@H]3Cc4ccc(OC(=O)N(C)CCNC(=O)[C@@H](N)CC(N)=O)c5c4[C@@]2(CC[N+]3(C)CC2CC2)[C@H]1O5. The van der Waals surface area contributed by atoms with E-state index in [-0.39, 0.29) is 36.4 Å². The fraction of sp³-hybridized carbons (Fsp3) is 0.645. The Kier molecular flexibility index (Phi) is 6.65. The predicted octanol–water partition coefficient (Wildman–Crippen LogP) is 1.98. The molecule has 1 aromatic rings. The summed E-state index contributed by atoms with van der Waals surface area (Å²) in [6, 6.07) is 3.53. The molecule has 3 fully saturated rings. The van der Waals surface area contributed by atoms with Crippen LogP contribution in [0, 0.1) is 11.3 Å². The number of carbonyl (C=O) groups is 3. The first kappa shape index (κ1) is 28.0. The third-order valence-corrected chi connectivity index (χ3v) is 11.0. The van der Waals surface area contributed by atoms with Gasteiger partial charge in [-0.3, -0.25) is 9.59 Å². The number of rotatable bonds is 9. The molecular formula is C31H44N5O5+. The molecule has 222 valence electrons. The number of quaternary nitrogens is 1. The van der Waals surface area contributed by atoms with Crippen molar-refractivity contribution in [3.63, 3.8) is 0 Å². The number of hydrogen-bond donors (Lipinski definition) is 3. The van der Waals surface area contributed by atoms with E-state index < -0.39 is 23.9 Å². The van der Waals surface area contributed by atoms with Gasteiger partial charge in [0.15, 0.2) is 11.5 Å². The zero-order valence-corrected chi connectivity index (χ0v) is 24.5. The van der Waals surface area contributed by atoms with Gasteiger partial charge in [0.05, 0.1) is 44.1 Å². The molecule has 2 heterocycles. The summed E-state index contributed by atoms with van der Waals surface area (Å²) in [4.78, 5) is 37.6. The summed E-state index contributed by atoms with van der Waals surface area (Å²) >= 11 is 0. The molecule has 1 aromatic carbocycles. The lowest BCUT2D eigenvalue weighted by atomic mass is 9.43. The van der Waals surface area contributed by atoms with Crippen molar-refractivity contribution in [3.8, 4) is 11.5 Å². The normalized spacial score (nSPS) is 33.3. The Morgan fingerprint density at radius 1 is 1.29 bits per heavy atom. The van der Waals surface area contributed by atoms with E-state index in [0.717, 1.165) is 48.2 Å². The largest absolute Gasteiger partial charge is 0.481 e. The smallest absolute Gasteiger partial charge is 0.415 e. The first-order chi connectivity index (χ1) is 19.4. The highest BCUT2D eigenvalue weighted by atomic mass is 16.6. The molecule has 2 saturated carbocycles. The van der Waals surface area contributed by atoms with Crippen molar-refractivity contribution in [2.24, 2.45) is 22.8 Å². The number of nitrogens with one attached hydrogen (secondary N) is 1. The summed E-state index contributed by atoms with van der Waals surface area (Å²) in [5.41, 5.74) is 14.4. The first-order valence-corrected chi connectivity index (χ1v) is 15.0. The van der Waals surface area contributed by atoms with E-state index in [9.17, 15) is 14.4 Å². The summed E-state index contributed by atoms with van der Waals surface area (Å²) in [5, 5.41) is 2.63. The van der Waals surface area contributed by atoms with Gasteiger partial charge in [-0.2, -0.15) is 0 Å². The van der Waals surface area contributed by atoms with E-state index in [2.05, 4.69) is 31.9 Å². The van der Waals surface area contributed by atoms with Gasteiger partial charge in [-0.05, 0) is 42.9 Å². The standard InChI is InChI=1S/C31H43N5O5/c1-18-9-10-30(2)23-15-20-7-8-22(40-29(39)35(3)13-12-34-28(38)21(32)16-24(33)37)26-25(20)31(30,27(18)41-26)11-14-36(23,4)17-19-5-6-19/h7-8,19,21,23,27H,1,5-6,9-17,32H2,2-4H3,(H2-,33,34,37,38)/p+1/t21-,23+,27-,30-,31-,36?/m0/s1. The van der Waals surface area contributed by atoms with Gasteiger partial charge in [-0.25, -0.2) is 4.79 Å². The molecule has 2 aliphatic heterocycles. The first-order valence-electron chi connectivity index (χ1n) is 15.0. The molecule has 2 bridgehead atoms. The highest BCUT2D eigenvalue weighted by molar-refractivity contribution is 5.87. The van der Waals surface area contributed by atoms with Gasteiger partial charge in [0.2, 0.25) is 11.8 Å². The van der Waals surface area contributed by atoms with E-state index in [1.165, 1.54) is 35.4 Å². The third kappa shape index (κ3) is 4.33. The fourth-order valence-corrected chi connectivity index (χ4v) is 8.70. The molecule has 1 saturated heterocycles. The maximum atomic E-state index is 13.1. The number of benzene rings is 1. The van der Waals surface area contributed by atoms with Crippen LogP contribution in [-0.4, -0.2) is 85.8 Å². The molecule has 5 aliphatic rings. The predicted molar refractivity (Wildman–Crippen MR) is 153 cm³/mol. The lowest BCUT2D eigenvalue weighted by Crippen LogP contribution is -2.75. The van der Waals surface area contributed by atoms with E-state index in [0.29, 0.717) is 17.5 Å². The van der Waals surface area contributed by atoms with Crippen molar-refractivity contribution in [2.75, 3.05) is 40.3 Å². The molecule has 5 N–H and O–H groups in total. The van der Waals surface area contributed by atoms with E-state index in [1.807, 2.05) is 6.07 Å². The van der Waals surface area contributed by atoms with E-state index in [4.69, 9.17) is 20.9 Å². The third-order valence-electron chi connectivity index (χ3n) is 11.0. The minimum absolute atomic E-state index is 0.0754. The summed E-state index contributed by atoms with van der Waals surface area (Å²) in [7, 11) is 4.10. The molecule has 0 aromatic heterocycles. The van der Waals surface area contributed by atoms with Crippen molar-refractivity contribution >= 4 is 17.9 Å². The number of ether oxygens (including phenoxy) is 2. The summed E-state index contributed by atoms with van der Waals surface area (Å²) in [5.74, 6) is 0.858. The zero-order chi connectivity index (χ0) is 29.3. The van der Waals surface area contributed by atoms with Gasteiger partial charge in [0, 0.05) is 49.9 Å². The van der Waals surface area contributed by atoms with E-state index in [1.54, 1.807) is 7.05 Å². The Hall–Kier alpha value is -3.11. The molecule has 3 aliphatic carbocycles. The molecule has 1 spiro atoms. The number of amides is 3. The van der Waals surface area contributed by atoms with Gasteiger partial charge >= 0.3 is 6.09 Å². The van der Waals surface area contributed by atoms with Gasteiger partial charge in [-0.1, -0.05) is 19.6 Å². The zero-order valence-electron chi connectivity index (χ0n) is 24.5. The molecule has 41 heavy (non-hydrogen) atoms.